The summed E-state index contributed by atoms with van der Waals surface area (Å²) in [5, 5.41) is 3.29. The van der Waals surface area contributed by atoms with Crippen LogP contribution in [-0.4, -0.2) is 49.2 Å². The number of amides is 1. The van der Waals surface area contributed by atoms with E-state index in [2.05, 4.69) is 25.7 Å². The zero-order valence-corrected chi connectivity index (χ0v) is 10.9. The van der Waals surface area contributed by atoms with Crippen LogP contribution < -0.4 is 5.32 Å². The molecule has 0 radical (unpaired) electrons. The molecule has 0 aromatic heterocycles. The molecule has 1 fully saturated rings. The predicted octanol–water partition coefficient (Wildman–Crippen LogP) is 1.18. The van der Waals surface area contributed by atoms with Gasteiger partial charge in [0.25, 0.3) is 0 Å². The van der Waals surface area contributed by atoms with Crippen molar-refractivity contribution in [2.45, 2.75) is 38.8 Å². The molecule has 1 amide bonds. The summed E-state index contributed by atoms with van der Waals surface area (Å²) in [5.41, 5.74) is 0. The Hall–Kier alpha value is -0.870. The number of nitrogens with one attached hydrogen (secondary N) is 1. The largest absolute Gasteiger partial charge is 0.379 e. The molecule has 1 aliphatic rings. The van der Waals surface area contributed by atoms with Gasteiger partial charge in [0.05, 0.1) is 19.3 Å². The van der Waals surface area contributed by atoms with E-state index in [-0.39, 0.29) is 11.9 Å². The minimum Gasteiger partial charge on any atom is -0.379 e. The van der Waals surface area contributed by atoms with Crippen LogP contribution in [-0.2, 0) is 9.53 Å². The molecule has 1 heterocycles. The highest BCUT2D eigenvalue weighted by atomic mass is 16.5. The number of ether oxygens (including phenoxy) is 1. The molecular weight excluding hydrogens is 216 g/mol. The maximum absolute atomic E-state index is 12.0. The first kappa shape index (κ1) is 14.2. The fraction of sp³-hybridized carbons (Fsp3) is 0.769. The summed E-state index contributed by atoms with van der Waals surface area (Å²) >= 11 is 0. The van der Waals surface area contributed by atoms with Crippen molar-refractivity contribution in [1.82, 2.24) is 10.2 Å². The molecule has 1 unspecified atom stereocenters. The van der Waals surface area contributed by atoms with Crippen molar-refractivity contribution in [1.29, 1.82) is 0 Å². The van der Waals surface area contributed by atoms with E-state index >= 15 is 0 Å². The van der Waals surface area contributed by atoms with E-state index in [0.717, 1.165) is 19.4 Å². The molecule has 1 atom stereocenters. The van der Waals surface area contributed by atoms with Crippen LogP contribution in [0.1, 0.15) is 26.7 Å². The molecule has 0 aliphatic carbocycles. The fourth-order valence-electron chi connectivity index (χ4n) is 1.96. The van der Waals surface area contributed by atoms with Gasteiger partial charge in [-0.3, -0.25) is 4.79 Å². The zero-order valence-electron chi connectivity index (χ0n) is 10.9. The first-order valence-electron chi connectivity index (χ1n) is 6.38. The number of carbonyl (C=O) groups excluding carboxylic acids is 1. The van der Waals surface area contributed by atoms with E-state index in [1.54, 1.807) is 0 Å². The normalized spacial score (nSPS) is 20.3. The highest BCUT2D eigenvalue weighted by molar-refractivity contribution is 5.84. The molecule has 0 aromatic carbocycles. The van der Waals surface area contributed by atoms with Gasteiger partial charge in [-0.2, -0.15) is 0 Å². The SMILES string of the molecule is C=CCCOCCN1CCC(NC(C)C)C1=O. The van der Waals surface area contributed by atoms with Crippen LogP contribution in [0.25, 0.3) is 0 Å². The molecule has 0 aromatic rings. The van der Waals surface area contributed by atoms with Crippen molar-refractivity contribution in [3.05, 3.63) is 12.7 Å². The van der Waals surface area contributed by atoms with Crippen molar-refractivity contribution in [2.24, 2.45) is 0 Å². The van der Waals surface area contributed by atoms with Gasteiger partial charge in [0, 0.05) is 19.1 Å². The Balaban J connectivity index is 2.18. The van der Waals surface area contributed by atoms with Gasteiger partial charge < -0.3 is 15.0 Å². The van der Waals surface area contributed by atoms with Crippen molar-refractivity contribution in [2.75, 3.05) is 26.3 Å². The Labute approximate surface area is 104 Å². The lowest BCUT2D eigenvalue weighted by Crippen LogP contribution is -2.42. The molecule has 0 spiro atoms. The van der Waals surface area contributed by atoms with Gasteiger partial charge in [0.1, 0.15) is 0 Å². The fourth-order valence-corrected chi connectivity index (χ4v) is 1.96. The number of hydrogen-bond donors (Lipinski definition) is 1. The monoisotopic (exact) mass is 240 g/mol. The zero-order chi connectivity index (χ0) is 12.7. The number of nitrogens with zero attached hydrogens (tertiary/aromatic N) is 1. The summed E-state index contributed by atoms with van der Waals surface area (Å²) in [6.07, 6.45) is 3.61. The van der Waals surface area contributed by atoms with Crippen LogP contribution in [0.4, 0.5) is 0 Å². The van der Waals surface area contributed by atoms with Gasteiger partial charge >= 0.3 is 0 Å². The number of hydrogen-bond acceptors (Lipinski definition) is 3. The second-order valence-electron chi connectivity index (χ2n) is 4.68. The van der Waals surface area contributed by atoms with Crippen LogP contribution in [0.2, 0.25) is 0 Å². The first-order valence-corrected chi connectivity index (χ1v) is 6.38. The van der Waals surface area contributed by atoms with E-state index in [1.165, 1.54) is 0 Å². The molecular formula is C13H24N2O2. The van der Waals surface area contributed by atoms with Crippen LogP contribution in [0.15, 0.2) is 12.7 Å². The van der Waals surface area contributed by atoms with E-state index in [1.807, 2.05) is 11.0 Å². The van der Waals surface area contributed by atoms with Crippen LogP contribution in [0.5, 0.6) is 0 Å². The Bertz CT molecular complexity index is 254. The summed E-state index contributed by atoms with van der Waals surface area (Å²) in [6.45, 7) is 10.6. The summed E-state index contributed by atoms with van der Waals surface area (Å²) < 4.78 is 5.42. The maximum atomic E-state index is 12.0. The summed E-state index contributed by atoms with van der Waals surface area (Å²) in [4.78, 5) is 13.8. The number of carbonyl (C=O) groups is 1. The Morgan fingerprint density at radius 2 is 2.35 bits per heavy atom. The Morgan fingerprint density at radius 1 is 1.59 bits per heavy atom. The number of likely N-dealkylation sites (tertiary alicyclic amines) is 1. The summed E-state index contributed by atoms with van der Waals surface area (Å²) in [7, 11) is 0. The number of rotatable bonds is 8. The third-order valence-electron chi connectivity index (χ3n) is 2.80. The molecule has 98 valence electrons. The summed E-state index contributed by atoms with van der Waals surface area (Å²) in [5.74, 6) is 0.214. The van der Waals surface area contributed by atoms with Gasteiger partial charge in [0.2, 0.25) is 5.91 Å². The standard InChI is InChI=1S/C13H24N2O2/c1-4-5-9-17-10-8-15-7-6-12(13(15)16)14-11(2)3/h4,11-12,14H,1,5-10H2,2-3H3. The Morgan fingerprint density at radius 3 is 3.00 bits per heavy atom. The van der Waals surface area contributed by atoms with Gasteiger partial charge in [0.15, 0.2) is 0 Å². The van der Waals surface area contributed by atoms with Crippen LogP contribution in [0.3, 0.4) is 0 Å². The molecule has 1 aliphatic heterocycles. The smallest absolute Gasteiger partial charge is 0.239 e. The topological polar surface area (TPSA) is 41.6 Å². The lowest BCUT2D eigenvalue weighted by molar-refractivity contribution is -0.130. The van der Waals surface area contributed by atoms with Gasteiger partial charge in [-0.15, -0.1) is 6.58 Å². The lowest BCUT2D eigenvalue weighted by Gasteiger charge is -2.18. The van der Waals surface area contributed by atoms with E-state index < -0.39 is 0 Å². The predicted molar refractivity (Wildman–Crippen MR) is 68.9 cm³/mol. The second kappa shape index (κ2) is 7.45. The van der Waals surface area contributed by atoms with Crippen LogP contribution in [0, 0.1) is 0 Å². The second-order valence-corrected chi connectivity index (χ2v) is 4.68. The Kier molecular flexibility index (Phi) is 6.22. The highest BCUT2D eigenvalue weighted by Crippen LogP contribution is 2.11. The minimum absolute atomic E-state index is 0.00294. The molecule has 1 N–H and O–H groups in total. The van der Waals surface area contributed by atoms with Gasteiger partial charge in [-0.1, -0.05) is 19.9 Å². The van der Waals surface area contributed by atoms with E-state index in [4.69, 9.17) is 4.74 Å². The molecule has 1 saturated heterocycles. The van der Waals surface area contributed by atoms with Crippen molar-refractivity contribution < 1.29 is 9.53 Å². The molecule has 4 heteroatoms. The summed E-state index contributed by atoms with van der Waals surface area (Å²) in [6, 6.07) is 0.357. The van der Waals surface area contributed by atoms with E-state index in [0.29, 0.717) is 25.8 Å². The van der Waals surface area contributed by atoms with Crippen molar-refractivity contribution in [3.63, 3.8) is 0 Å². The van der Waals surface area contributed by atoms with Gasteiger partial charge in [-0.25, -0.2) is 0 Å². The quantitative estimate of drug-likeness (QED) is 0.511. The van der Waals surface area contributed by atoms with Crippen LogP contribution >= 0.6 is 0 Å². The minimum atomic E-state index is 0.00294. The van der Waals surface area contributed by atoms with Crippen molar-refractivity contribution >= 4 is 5.91 Å². The molecule has 1 rings (SSSR count). The third-order valence-corrected chi connectivity index (χ3v) is 2.80. The van der Waals surface area contributed by atoms with Gasteiger partial charge in [-0.05, 0) is 12.8 Å². The molecule has 0 saturated carbocycles. The average Bonchev–Trinajstić information content (AvgIpc) is 2.60. The molecule has 0 bridgehead atoms. The third kappa shape index (κ3) is 4.88. The highest BCUT2D eigenvalue weighted by Gasteiger charge is 2.31. The van der Waals surface area contributed by atoms with E-state index in [9.17, 15) is 4.79 Å². The lowest BCUT2D eigenvalue weighted by atomic mass is 10.2. The van der Waals surface area contributed by atoms with Crippen molar-refractivity contribution in [3.8, 4) is 0 Å². The maximum Gasteiger partial charge on any atom is 0.239 e. The first-order chi connectivity index (χ1) is 8.15. The average molecular weight is 240 g/mol. The molecule has 17 heavy (non-hydrogen) atoms. The molecule has 4 nitrogen and oxygen atoms in total.